The van der Waals surface area contributed by atoms with Crippen LogP contribution in [0.25, 0.3) is 0 Å². The average molecular weight is 621 g/mol. The highest BCUT2D eigenvalue weighted by molar-refractivity contribution is 5.94. The second-order valence-corrected chi connectivity index (χ2v) is 14.4. The molecule has 2 unspecified atom stereocenters. The number of likely N-dealkylation sites (N-methyl/N-ethyl adjacent to an activating group) is 1. The lowest BCUT2D eigenvalue weighted by atomic mass is 9.83. The Morgan fingerprint density at radius 2 is 1.69 bits per heavy atom. The third kappa shape index (κ3) is 7.96. The van der Waals surface area contributed by atoms with Crippen molar-refractivity contribution in [1.82, 2.24) is 20.4 Å². The molecule has 4 amide bonds. The van der Waals surface area contributed by atoms with Crippen molar-refractivity contribution in [2.45, 2.75) is 110 Å². The second kappa shape index (κ2) is 13.1. The number of aryl methyl sites for hydroxylation is 1. The van der Waals surface area contributed by atoms with Gasteiger partial charge in [-0.25, -0.2) is 4.79 Å². The number of amides is 4. The van der Waals surface area contributed by atoms with Crippen molar-refractivity contribution >= 4 is 23.8 Å². The molecule has 3 N–H and O–H groups in total. The van der Waals surface area contributed by atoms with Gasteiger partial charge in [-0.2, -0.15) is 0 Å². The van der Waals surface area contributed by atoms with Crippen molar-refractivity contribution < 1.29 is 29.0 Å². The molecule has 0 bridgehead atoms. The van der Waals surface area contributed by atoms with Gasteiger partial charge in [0, 0.05) is 20.0 Å². The van der Waals surface area contributed by atoms with E-state index in [1.54, 1.807) is 45.9 Å². The number of phenols is 1. The molecule has 10 nitrogen and oxygen atoms in total. The lowest BCUT2D eigenvalue weighted by molar-refractivity contribution is -0.147. The summed E-state index contributed by atoms with van der Waals surface area (Å²) in [7, 11) is 1.48. The molecule has 1 aliphatic heterocycles. The first-order valence-corrected chi connectivity index (χ1v) is 15.7. The molecule has 2 aliphatic rings. The number of nitrogens with one attached hydrogen (secondary N) is 2. The predicted octanol–water partition coefficient (Wildman–Crippen LogP) is 4.63. The van der Waals surface area contributed by atoms with Crippen molar-refractivity contribution in [2.24, 2.45) is 5.41 Å². The first-order valence-electron chi connectivity index (χ1n) is 15.7. The van der Waals surface area contributed by atoms with Gasteiger partial charge in [0.25, 0.3) is 0 Å². The molecule has 10 heteroatoms. The van der Waals surface area contributed by atoms with Crippen LogP contribution in [-0.4, -0.2) is 69.5 Å². The Morgan fingerprint density at radius 1 is 1.00 bits per heavy atom. The van der Waals surface area contributed by atoms with E-state index in [0.29, 0.717) is 0 Å². The van der Waals surface area contributed by atoms with E-state index in [4.69, 9.17) is 4.74 Å². The number of carbonyl (C=O) groups excluding carboxylic acids is 4. The van der Waals surface area contributed by atoms with Crippen molar-refractivity contribution in [2.75, 3.05) is 7.05 Å². The number of phenolic OH excluding ortho intramolecular Hbond substituents is 1. The first-order chi connectivity index (χ1) is 21.0. The molecule has 1 aliphatic carbocycles. The minimum Gasteiger partial charge on any atom is -0.508 e. The molecule has 4 rings (SSSR count). The summed E-state index contributed by atoms with van der Waals surface area (Å²) < 4.78 is 5.42. The van der Waals surface area contributed by atoms with Crippen molar-refractivity contribution in [3.05, 3.63) is 64.7 Å². The molecule has 0 saturated carbocycles. The maximum atomic E-state index is 14.5. The van der Waals surface area contributed by atoms with Crippen LogP contribution in [0.3, 0.4) is 0 Å². The zero-order valence-electron chi connectivity index (χ0n) is 27.8. The highest BCUT2D eigenvalue weighted by atomic mass is 16.6. The molecular formula is C35H48N4O6. The van der Waals surface area contributed by atoms with E-state index in [9.17, 15) is 24.3 Å². The third-order valence-electron chi connectivity index (χ3n) is 8.63. The van der Waals surface area contributed by atoms with Gasteiger partial charge in [0.1, 0.15) is 29.5 Å². The molecule has 45 heavy (non-hydrogen) atoms. The molecule has 4 atom stereocenters. The predicted molar refractivity (Wildman–Crippen MR) is 171 cm³/mol. The van der Waals surface area contributed by atoms with Crippen molar-refractivity contribution in [3.63, 3.8) is 0 Å². The Hall–Kier alpha value is -4.08. The number of aromatic hydroxyl groups is 1. The number of benzene rings is 2. The van der Waals surface area contributed by atoms with E-state index < -0.39 is 47.0 Å². The summed E-state index contributed by atoms with van der Waals surface area (Å²) in [6, 6.07) is 10.2. The highest BCUT2D eigenvalue weighted by Gasteiger charge is 2.43. The Kier molecular flexibility index (Phi) is 9.85. The van der Waals surface area contributed by atoms with Crippen LogP contribution >= 0.6 is 0 Å². The van der Waals surface area contributed by atoms with Crippen LogP contribution < -0.4 is 10.6 Å². The van der Waals surface area contributed by atoms with Gasteiger partial charge in [-0.05, 0) is 86.8 Å². The van der Waals surface area contributed by atoms with E-state index >= 15 is 0 Å². The van der Waals surface area contributed by atoms with Gasteiger partial charge in [-0.3, -0.25) is 19.3 Å². The molecule has 2 aromatic rings. The van der Waals surface area contributed by atoms with Gasteiger partial charge in [-0.1, -0.05) is 51.1 Å². The number of ether oxygens (including phenoxy) is 1. The zero-order chi connectivity index (χ0) is 33.3. The average Bonchev–Trinajstić information content (AvgIpc) is 2.96. The molecule has 0 radical (unpaired) electrons. The molecule has 0 fully saturated rings. The largest absolute Gasteiger partial charge is 0.508 e. The van der Waals surface area contributed by atoms with Crippen molar-refractivity contribution in [1.29, 1.82) is 0 Å². The number of carbonyl (C=O) groups is 4. The lowest BCUT2D eigenvalue weighted by Crippen LogP contribution is -2.62. The van der Waals surface area contributed by atoms with Gasteiger partial charge < -0.3 is 25.4 Å². The second-order valence-electron chi connectivity index (χ2n) is 14.4. The summed E-state index contributed by atoms with van der Waals surface area (Å²) in [6.45, 7) is 12.4. The molecule has 0 saturated heterocycles. The lowest BCUT2D eigenvalue weighted by Gasteiger charge is -2.42. The fraction of sp³-hybridized carbons (Fsp3) is 0.543. The number of hydrogen-bond acceptors (Lipinski definition) is 6. The molecule has 2 aromatic carbocycles. The first kappa shape index (κ1) is 33.8. The summed E-state index contributed by atoms with van der Waals surface area (Å²) >= 11 is 0. The molecule has 0 aromatic heterocycles. The Balaban J connectivity index is 1.61. The van der Waals surface area contributed by atoms with E-state index in [0.717, 1.165) is 36.0 Å². The summed E-state index contributed by atoms with van der Waals surface area (Å²) in [4.78, 5) is 57.4. The van der Waals surface area contributed by atoms with Crippen LogP contribution in [0.5, 0.6) is 5.75 Å². The van der Waals surface area contributed by atoms with Crippen LogP contribution in [0, 0.1) is 5.41 Å². The fourth-order valence-electron chi connectivity index (χ4n) is 5.95. The van der Waals surface area contributed by atoms with Gasteiger partial charge in [-0.15, -0.1) is 0 Å². The summed E-state index contributed by atoms with van der Waals surface area (Å²) in [5.41, 5.74) is 2.46. The minimum absolute atomic E-state index is 0.0718. The maximum Gasteiger partial charge on any atom is 0.410 e. The van der Waals surface area contributed by atoms with Crippen LogP contribution in [0.15, 0.2) is 42.5 Å². The quantitative estimate of drug-likeness (QED) is 0.432. The summed E-state index contributed by atoms with van der Waals surface area (Å²) in [5, 5.41) is 16.3. The number of fused-ring (bicyclic) bond motifs is 2. The maximum absolute atomic E-state index is 14.5. The molecule has 244 valence electrons. The monoisotopic (exact) mass is 620 g/mol. The van der Waals surface area contributed by atoms with E-state index in [-0.39, 0.29) is 30.7 Å². The molecular weight excluding hydrogens is 572 g/mol. The number of hydrogen-bond donors (Lipinski definition) is 3. The summed E-state index contributed by atoms with van der Waals surface area (Å²) in [5.74, 6) is -1.13. The smallest absolute Gasteiger partial charge is 0.410 e. The Labute approximate surface area is 266 Å². The van der Waals surface area contributed by atoms with Crippen LogP contribution in [0.1, 0.15) is 89.6 Å². The number of nitrogens with zero attached hydrogens (tertiary/aromatic N) is 2. The van der Waals surface area contributed by atoms with E-state index in [1.165, 1.54) is 22.4 Å². The van der Waals surface area contributed by atoms with Gasteiger partial charge in [0.15, 0.2) is 0 Å². The molecule has 0 spiro atoms. The van der Waals surface area contributed by atoms with Gasteiger partial charge in [0.2, 0.25) is 17.7 Å². The third-order valence-corrected chi connectivity index (χ3v) is 8.63. The van der Waals surface area contributed by atoms with Crippen LogP contribution in [-0.2, 0) is 38.5 Å². The normalized spacial score (nSPS) is 19.3. The Bertz CT molecular complexity index is 1440. The van der Waals surface area contributed by atoms with E-state index in [1.807, 2.05) is 39.0 Å². The van der Waals surface area contributed by atoms with Crippen LogP contribution in [0.4, 0.5) is 4.79 Å². The van der Waals surface area contributed by atoms with Crippen LogP contribution in [0.2, 0.25) is 0 Å². The standard InChI is InChI=1S/C35H48N4O6/c1-21(38(8)33(44)45-35(5,6)7)30(41)37-29(34(2,3)4)32(43)39-20-24-18-25(40)17-16-23(24)19-28(39)31(42)36-27-15-11-13-22-12-9-10-14-26(22)27/h9-10,12,14,16-18,21,27-29,40H,11,13,15,19-20H2,1-8H3,(H,36,42)(H,37,41)/t21-,27?,28-,29?/m0/s1. The minimum atomic E-state index is -1.01. The highest BCUT2D eigenvalue weighted by Crippen LogP contribution is 2.33. The SMILES string of the molecule is C[C@@H](C(=O)NC(C(=O)N1Cc2cc(O)ccc2C[C@H]1C(=O)NC1CCCc2ccccc21)C(C)(C)C)N(C)C(=O)OC(C)(C)C. The fourth-order valence-corrected chi connectivity index (χ4v) is 5.95. The summed E-state index contributed by atoms with van der Waals surface area (Å²) in [6.07, 6.45) is 2.33. The van der Waals surface area contributed by atoms with Crippen molar-refractivity contribution in [3.8, 4) is 5.75 Å². The van der Waals surface area contributed by atoms with E-state index in [2.05, 4.69) is 16.7 Å². The Morgan fingerprint density at radius 3 is 2.36 bits per heavy atom. The van der Waals surface area contributed by atoms with Gasteiger partial charge >= 0.3 is 6.09 Å². The molecule has 1 heterocycles. The topological polar surface area (TPSA) is 128 Å². The zero-order valence-corrected chi connectivity index (χ0v) is 27.8. The van der Waals surface area contributed by atoms with Gasteiger partial charge in [0.05, 0.1) is 6.04 Å². The number of rotatable bonds is 6.